The molecule has 20 heavy (non-hydrogen) atoms. The minimum atomic E-state index is -3.83. The SMILES string of the molecule is Cc1cc(N)cc(S(=O)(=O)N2CCCC(C)(C)C2)c1F. The van der Waals surface area contributed by atoms with Crippen LogP contribution < -0.4 is 5.73 Å². The first kappa shape index (κ1) is 15.3. The first-order valence-electron chi connectivity index (χ1n) is 6.69. The van der Waals surface area contributed by atoms with Crippen molar-refractivity contribution in [3.63, 3.8) is 0 Å². The molecule has 6 heteroatoms. The molecular formula is C14H21FN2O2S. The van der Waals surface area contributed by atoms with E-state index in [-0.39, 0.29) is 21.6 Å². The average molecular weight is 300 g/mol. The lowest BCUT2D eigenvalue weighted by Gasteiger charge is -2.37. The Labute approximate surface area is 119 Å². The third kappa shape index (κ3) is 2.81. The summed E-state index contributed by atoms with van der Waals surface area (Å²) in [6.45, 7) is 6.40. The van der Waals surface area contributed by atoms with Crippen LogP contribution in [0.1, 0.15) is 32.3 Å². The lowest BCUT2D eigenvalue weighted by Crippen LogP contribution is -2.43. The first-order chi connectivity index (χ1) is 9.13. The summed E-state index contributed by atoms with van der Waals surface area (Å²) in [5, 5.41) is 0. The van der Waals surface area contributed by atoms with E-state index in [0.29, 0.717) is 13.1 Å². The fraction of sp³-hybridized carbons (Fsp3) is 0.571. The first-order valence-corrected chi connectivity index (χ1v) is 8.13. The minimum absolute atomic E-state index is 0.0861. The molecular weight excluding hydrogens is 279 g/mol. The molecule has 0 aromatic heterocycles. The van der Waals surface area contributed by atoms with Gasteiger partial charge in [0.2, 0.25) is 10.0 Å². The van der Waals surface area contributed by atoms with Crippen molar-refractivity contribution in [2.24, 2.45) is 5.41 Å². The van der Waals surface area contributed by atoms with Gasteiger partial charge in [-0.25, -0.2) is 12.8 Å². The number of halogens is 1. The molecule has 0 atom stereocenters. The maximum Gasteiger partial charge on any atom is 0.246 e. The zero-order valence-corrected chi connectivity index (χ0v) is 12.9. The fourth-order valence-electron chi connectivity index (χ4n) is 2.67. The van der Waals surface area contributed by atoms with E-state index in [2.05, 4.69) is 0 Å². The van der Waals surface area contributed by atoms with Gasteiger partial charge in [-0.05, 0) is 42.9 Å². The van der Waals surface area contributed by atoms with Gasteiger partial charge in [0, 0.05) is 18.8 Å². The Morgan fingerprint density at radius 3 is 2.60 bits per heavy atom. The number of aryl methyl sites for hydroxylation is 1. The van der Waals surface area contributed by atoms with Gasteiger partial charge in [-0.1, -0.05) is 13.8 Å². The number of piperidine rings is 1. The van der Waals surface area contributed by atoms with Crippen LogP contribution in [0.5, 0.6) is 0 Å². The lowest BCUT2D eigenvalue weighted by atomic mass is 9.85. The number of anilines is 1. The van der Waals surface area contributed by atoms with E-state index in [9.17, 15) is 12.8 Å². The van der Waals surface area contributed by atoms with Crippen LogP contribution in [-0.2, 0) is 10.0 Å². The number of rotatable bonds is 2. The highest BCUT2D eigenvalue weighted by Gasteiger charge is 2.35. The molecule has 1 aromatic carbocycles. The molecule has 0 spiro atoms. The summed E-state index contributed by atoms with van der Waals surface area (Å²) in [6, 6.07) is 2.65. The molecule has 0 saturated carbocycles. The van der Waals surface area contributed by atoms with Crippen LogP contribution in [-0.4, -0.2) is 25.8 Å². The van der Waals surface area contributed by atoms with Crippen molar-refractivity contribution in [2.45, 2.75) is 38.5 Å². The summed E-state index contributed by atoms with van der Waals surface area (Å²) in [4.78, 5) is -0.312. The van der Waals surface area contributed by atoms with Crippen molar-refractivity contribution in [1.29, 1.82) is 0 Å². The third-order valence-corrected chi connectivity index (χ3v) is 5.57. The van der Waals surface area contributed by atoms with Crippen LogP contribution in [0.15, 0.2) is 17.0 Å². The summed E-state index contributed by atoms with van der Waals surface area (Å²) in [6.07, 6.45) is 1.76. The topological polar surface area (TPSA) is 63.4 Å². The Hall–Kier alpha value is -1.14. The van der Waals surface area contributed by atoms with E-state index in [4.69, 9.17) is 5.73 Å². The van der Waals surface area contributed by atoms with Gasteiger partial charge in [0.1, 0.15) is 10.7 Å². The quantitative estimate of drug-likeness (QED) is 0.854. The highest BCUT2D eigenvalue weighted by Crippen LogP contribution is 2.33. The number of nitrogen functional groups attached to an aromatic ring is 1. The van der Waals surface area contributed by atoms with E-state index >= 15 is 0 Å². The minimum Gasteiger partial charge on any atom is -0.399 e. The van der Waals surface area contributed by atoms with Gasteiger partial charge >= 0.3 is 0 Å². The van der Waals surface area contributed by atoms with Gasteiger partial charge in [0.15, 0.2) is 0 Å². The summed E-state index contributed by atoms with van der Waals surface area (Å²) < 4.78 is 40.8. The largest absolute Gasteiger partial charge is 0.399 e. The number of sulfonamides is 1. The van der Waals surface area contributed by atoms with Gasteiger partial charge in [-0.2, -0.15) is 4.31 Å². The molecule has 1 saturated heterocycles. The second-order valence-electron chi connectivity index (χ2n) is 6.26. The highest BCUT2D eigenvalue weighted by molar-refractivity contribution is 7.89. The highest BCUT2D eigenvalue weighted by atomic mass is 32.2. The van der Waals surface area contributed by atoms with E-state index in [1.54, 1.807) is 0 Å². The van der Waals surface area contributed by atoms with Crippen molar-refractivity contribution in [1.82, 2.24) is 4.31 Å². The molecule has 1 aliphatic rings. The van der Waals surface area contributed by atoms with Crippen molar-refractivity contribution >= 4 is 15.7 Å². The number of hydrogen-bond acceptors (Lipinski definition) is 3. The van der Waals surface area contributed by atoms with Gasteiger partial charge in [0.25, 0.3) is 0 Å². The maximum atomic E-state index is 14.2. The molecule has 0 unspecified atom stereocenters. The van der Waals surface area contributed by atoms with Crippen LogP contribution in [0.25, 0.3) is 0 Å². The molecule has 4 nitrogen and oxygen atoms in total. The van der Waals surface area contributed by atoms with Crippen molar-refractivity contribution < 1.29 is 12.8 Å². The molecule has 0 radical (unpaired) electrons. The van der Waals surface area contributed by atoms with Crippen LogP contribution in [0.2, 0.25) is 0 Å². The Balaban J connectivity index is 2.46. The van der Waals surface area contributed by atoms with Crippen LogP contribution >= 0.6 is 0 Å². The van der Waals surface area contributed by atoms with Gasteiger partial charge in [-0.3, -0.25) is 0 Å². The molecule has 2 rings (SSSR count). The number of hydrogen-bond donors (Lipinski definition) is 1. The van der Waals surface area contributed by atoms with Gasteiger partial charge < -0.3 is 5.73 Å². The lowest BCUT2D eigenvalue weighted by molar-refractivity contribution is 0.186. The number of nitrogens with zero attached hydrogens (tertiary/aromatic N) is 1. The number of benzene rings is 1. The molecule has 1 fully saturated rings. The van der Waals surface area contributed by atoms with Crippen molar-refractivity contribution in [2.75, 3.05) is 18.8 Å². The zero-order valence-electron chi connectivity index (χ0n) is 12.1. The molecule has 112 valence electrons. The molecule has 1 heterocycles. The Bertz CT molecular complexity index is 626. The van der Waals surface area contributed by atoms with Crippen LogP contribution in [0, 0.1) is 18.2 Å². The van der Waals surface area contributed by atoms with Gasteiger partial charge in [0.05, 0.1) is 0 Å². The number of nitrogens with two attached hydrogens (primary N) is 1. The molecule has 1 aliphatic heterocycles. The molecule has 2 N–H and O–H groups in total. The normalized spacial score (nSPS) is 20.0. The van der Waals surface area contributed by atoms with Gasteiger partial charge in [-0.15, -0.1) is 0 Å². The van der Waals surface area contributed by atoms with Crippen LogP contribution in [0.3, 0.4) is 0 Å². The Morgan fingerprint density at radius 2 is 2.00 bits per heavy atom. The fourth-order valence-corrected chi connectivity index (χ4v) is 4.51. The molecule has 0 aliphatic carbocycles. The average Bonchev–Trinajstić information content (AvgIpc) is 2.32. The van der Waals surface area contributed by atoms with E-state index in [1.165, 1.54) is 23.4 Å². The second-order valence-corrected chi connectivity index (χ2v) is 8.16. The maximum absolute atomic E-state index is 14.2. The van der Waals surface area contributed by atoms with E-state index in [1.807, 2.05) is 13.8 Å². The standard InChI is InChI=1S/C14H21FN2O2S/c1-10-7-11(16)8-12(13(10)15)20(18,19)17-6-4-5-14(2,3)9-17/h7-8H,4-6,9,16H2,1-3H3. The zero-order chi connectivity index (χ0) is 15.1. The third-order valence-electron chi connectivity index (χ3n) is 3.73. The van der Waals surface area contributed by atoms with E-state index in [0.717, 1.165) is 12.8 Å². The smallest absolute Gasteiger partial charge is 0.246 e. The predicted molar refractivity (Wildman–Crippen MR) is 77.3 cm³/mol. The van der Waals surface area contributed by atoms with Crippen molar-refractivity contribution in [3.05, 3.63) is 23.5 Å². The Morgan fingerprint density at radius 1 is 1.35 bits per heavy atom. The second kappa shape index (κ2) is 5.00. The Kier molecular flexibility index (Phi) is 3.81. The van der Waals surface area contributed by atoms with E-state index < -0.39 is 15.8 Å². The molecule has 0 amide bonds. The molecule has 1 aromatic rings. The summed E-state index contributed by atoms with van der Waals surface area (Å²) in [5.74, 6) is -0.706. The predicted octanol–water partition coefficient (Wildman–Crippen LogP) is 2.53. The summed E-state index contributed by atoms with van der Waals surface area (Å²) in [7, 11) is -3.83. The van der Waals surface area contributed by atoms with Crippen LogP contribution in [0.4, 0.5) is 10.1 Å². The van der Waals surface area contributed by atoms with Crippen molar-refractivity contribution in [3.8, 4) is 0 Å². The molecule has 0 bridgehead atoms. The summed E-state index contributed by atoms with van der Waals surface area (Å²) >= 11 is 0. The monoisotopic (exact) mass is 300 g/mol. The summed E-state index contributed by atoms with van der Waals surface area (Å²) in [5.41, 5.74) is 6.08.